The summed E-state index contributed by atoms with van der Waals surface area (Å²) in [5.74, 6) is 0.0175. The molecule has 0 aliphatic carbocycles. The molecule has 1 heterocycles. The molecule has 5 nitrogen and oxygen atoms in total. The lowest BCUT2D eigenvalue weighted by Crippen LogP contribution is -2.39. The summed E-state index contributed by atoms with van der Waals surface area (Å²) in [5.41, 5.74) is 0. The Bertz CT molecular complexity index is 277. The summed E-state index contributed by atoms with van der Waals surface area (Å²) in [6.45, 7) is 11.9. The number of hydrogen-bond donors (Lipinski definition) is 2. The van der Waals surface area contributed by atoms with Gasteiger partial charge in [-0.3, -0.25) is 4.79 Å². The van der Waals surface area contributed by atoms with Crippen LogP contribution in [-0.4, -0.2) is 62.3 Å². The predicted octanol–water partition coefficient (Wildman–Crippen LogP) is 1.38. The Morgan fingerprint density at radius 1 is 1.33 bits per heavy atom. The van der Waals surface area contributed by atoms with E-state index in [0.29, 0.717) is 0 Å². The Morgan fingerprint density at radius 2 is 2.00 bits per heavy atom. The van der Waals surface area contributed by atoms with Crippen molar-refractivity contribution in [3.8, 4) is 0 Å². The van der Waals surface area contributed by atoms with Gasteiger partial charge in [0.15, 0.2) is 0 Å². The molecule has 0 radical (unpaired) electrons. The van der Waals surface area contributed by atoms with E-state index >= 15 is 0 Å². The second-order valence-electron chi connectivity index (χ2n) is 5.90. The van der Waals surface area contributed by atoms with Crippen molar-refractivity contribution >= 4 is 5.91 Å². The van der Waals surface area contributed by atoms with Crippen LogP contribution < -0.4 is 10.6 Å². The van der Waals surface area contributed by atoms with Crippen molar-refractivity contribution in [1.29, 1.82) is 0 Å². The maximum Gasteiger partial charge on any atom is 0.246 e. The molecule has 0 bridgehead atoms. The summed E-state index contributed by atoms with van der Waals surface area (Å²) in [6, 6.07) is 0.227. The van der Waals surface area contributed by atoms with E-state index in [2.05, 4.69) is 36.3 Å². The van der Waals surface area contributed by atoms with Crippen molar-refractivity contribution in [3.63, 3.8) is 0 Å². The van der Waals surface area contributed by atoms with E-state index < -0.39 is 0 Å². The second kappa shape index (κ2) is 11.0. The number of piperidine rings is 1. The van der Waals surface area contributed by atoms with Gasteiger partial charge in [-0.05, 0) is 65.3 Å². The monoisotopic (exact) mass is 299 g/mol. The fraction of sp³-hybridized carbons (Fsp3) is 0.938. The summed E-state index contributed by atoms with van der Waals surface area (Å²) in [5, 5.41) is 6.32. The summed E-state index contributed by atoms with van der Waals surface area (Å²) >= 11 is 0. The van der Waals surface area contributed by atoms with E-state index in [1.807, 2.05) is 0 Å². The minimum Gasteiger partial charge on any atom is -0.368 e. The van der Waals surface area contributed by atoms with Gasteiger partial charge in [0.1, 0.15) is 6.61 Å². The number of amides is 1. The first kappa shape index (κ1) is 18.4. The molecule has 1 aliphatic heterocycles. The highest BCUT2D eigenvalue weighted by molar-refractivity contribution is 5.77. The molecule has 0 spiro atoms. The van der Waals surface area contributed by atoms with Crippen molar-refractivity contribution in [2.45, 2.75) is 58.6 Å². The first-order valence-electron chi connectivity index (χ1n) is 8.49. The van der Waals surface area contributed by atoms with Gasteiger partial charge < -0.3 is 20.3 Å². The van der Waals surface area contributed by atoms with E-state index in [1.54, 1.807) is 0 Å². The maximum atomic E-state index is 11.8. The van der Waals surface area contributed by atoms with Crippen LogP contribution in [0.15, 0.2) is 0 Å². The number of ether oxygens (including phenoxy) is 1. The van der Waals surface area contributed by atoms with Crippen LogP contribution in [0.2, 0.25) is 0 Å². The van der Waals surface area contributed by atoms with Crippen LogP contribution >= 0.6 is 0 Å². The van der Waals surface area contributed by atoms with Crippen molar-refractivity contribution in [2.24, 2.45) is 0 Å². The SMILES string of the molecule is CCN(CC)CCCC(C)NC(=O)COC1CCNCC1. The molecule has 124 valence electrons. The normalized spacial score (nSPS) is 17.9. The molecule has 1 aliphatic rings. The molecule has 1 unspecified atom stereocenters. The zero-order chi connectivity index (χ0) is 15.5. The molecule has 0 aromatic rings. The van der Waals surface area contributed by atoms with Crippen LogP contribution in [0.3, 0.4) is 0 Å². The number of rotatable bonds is 10. The highest BCUT2D eigenvalue weighted by Gasteiger charge is 2.15. The fourth-order valence-corrected chi connectivity index (χ4v) is 2.71. The zero-order valence-corrected chi connectivity index (χ0v) is 14.0. The molecule has 21 heavy (non-hydrogen) atoms. The van der Waals surface area contributed by atoms with Crippen molar-refractivity contribution < 1.29 is 9.53 Å². The number of carbonyl (C=O) groups excluding carboxylic acids is 1. The third-order valence-electron chi connectivity index (χ3n) is 4.15. The number of hydrogen-bond acceptors (Lipinski definition) is 4. The lowest BCUT2D eigenvalue weighted by atomic mass is 10.1. The summed E-state index contributed by atoms with van der Waals surface area (Å²) in [6.07, 6.45) is 4.41. The number of carbonyl (C=O) groups is 1. The third kappa shape index (κ3) is 8.39. The molecule has 0 aromatic carbocycles. The van der Waals surface area contributed by atoms with Gasteiger partial charge in [0, 0.05) is 6.04 Å². The molecule has 5 heteroatoms. The van der Waals surface area contributed by atoms with Gasteiger partial charge in [-0.25, -0.2) is 0 Å². The van der Waals surface area contributed by atoms with Crippen LogP contribution in [0.25, 0.3) is 0 Å². The standard InChI is InChI=1S/C16H33N3O2/c1-4-19(5-2)12-6-7-14(3)18-16(20)13-21-15-8-10-17-11-9-15/h14-15,17H,4-13H2,1-3H3,(H,18,20). The van der Waals surface area contributed by atoms with E-state index in [4.69, 9.17) is 4.74 Å². The van der Waals surface area contributed by atoms with E-state index in [1.165, 1.54) is 0 Å². The predicted molar refractivity (Wildman–Crippen MR) is 86.5 cm³/mol. The Hall–Kier alpha value is -0.650. The average Bonchev–Trinajstić information content (AvgIpc) is 2.50. The van der Waals surface area contributed by atoms with Gasteiger partial charge >= 0.3 is 0 Å². The highest BCUT2D eigenvalue weighted by atomic mass is 16.5. The molecule has 1 atom stereocenters. The lowest BCUT2D eigenvalue weighted by Gasteiger charge is -2.23. The first-order valence-corrected chi connectivity index (χ1v) is 8.49. The Balaban J connectivity index is 2.06. The van der Waals surface area contributed by atoms with E-state index in [-0.39, 0.29) is 24.7 Å². The number of nitrogens with one attached hydrogen (secondary N) is 2. The van der Waals surface area contributed by atoms with Crippen LogP contribution in [0, 0.1) is 0 Å². The quantitative estimate of drug-likeness (QED) is 0.640. The Morgan fingerprint density at radius 3 is 2.62 bits per heavy atom. The van der Waals surface area contributed by atoms with Crippen LogP contribution in [0.5, 0.6) is 0 Å². The molecule has 1 saturated heterocycles. The zero-order valence-electron chi connectivity index (χ0n) is 14.0. The fourth-order valence-electron chi connectivity index (χ4n) is 2.71. The van der Waals surface area contributed by atoms with E-state index in [0.717, 1.165) is 58.4 Å². The molecule has 1 fully saturated rings. The molecule has 2 N–H and O–H groups in total. The molecule has 1 amide bonds. The average molecular weight is 299 g/mol. The summed E-state index contributed by atoms with van der Waals surface area (Å²) in [4.78, 5) is 14.3. The minimum atomic E-state index is 0.0175. The van der Waals surface area contributed by atoms with Gasteiger partial charge in [-0.2, -0.15) is 0 Å². The van der Waals surface area contributed by atoms with Crippen molar-refractivity contribution in [3.05, 3.63) is 0 Å². The molecular formula is C16H33N3O2. The van der Waals surface area contributed by atoms with Gasteiger partial charge in [-0.15, -0.1) is 0 Å². The largest absolute Gasteiger partial charge is 0.368 e. The van der Waals surface area contributed by atoms with Gasteiger partial charge in [0.25, 0.3) is 0 Å². The van der Waals surface area contributed by atoms with Gasteiger partial charge in [0.2, 0.25) is 5.91 Å². The first-order chi connectivity index (χ1) is 10.2. The smallest absolute Gasteiger partial charge is 0.246 e. The van der Waals surface area contributed by atoms with Crippen LogP contribution in [-0.2, 0) is 9.53 Å². The topological polar surface area (TPSA) is 53.6 Å². The summed E-state index contributed by atoms with van der Waals surface area (Å²) in [7, 11) is 0. The van der Waals surface area contributed by atoms with Crippen molar-refractivity contribution in [2.75, 3.05) is 39.3 Å². The Labute approximate surface area is 129 Å². The van der Waals surface area contributed by atoms with Crippen molar-refractivity contribution in [1.82, 2.24) is 15.5 Å². The minimum absolute atomic E-state index is 0.0175. The molecule has 0 aromatic heterocycles. The molecular weight excluding hydrogens is 266 g/mol. The summed E-state index contributed by atoms with van der Waals surface area (Å²) < 4.78 is 5.66. The third-order valence-corrected chi connectivity index (χ3v) is 4.15. The van der Waals surface area contributed by atoms with Gasteiger partial charge in [-0.1, -0.05) is 13.8 Å². The van der Waals surface area contributed by atoms with Crippen LogP contribution in [0.4, 0.5) is 0 Å². The number of nitrogens with zero attached hydrogens (tertiary/aromatic N) is 1. The highest BCUT2D eigenvalue weighted by Crippen LogP contribution is 2.06. The second-order valence-corrected chi connectivity index (χ2v) is 5.90. The molecule has 1 rings (SSSR count). The maximum absolute atomic E-state index is 11.8. The molecule has 0 saturated carbocycles. The van der Waals surface area contributed by atoms with E-state index in [9.17, 15) is 4.79 Å². The van der Waals surface area contributed by atoms with Gasteiger partial charge in [0.05, 0.1) is 6.10 Å². The lowest BCUT2D eigenvalue weighted by molar-refractivity contribution is -0.128. The Kier molecular flexibility index (Phi) is 9.63. The van der Waals surface area contributed by atoms with Crippen LogP contribution in [0.1, 0.15) is 46.5 Å².